The van der Waals surface area contributed by atoms with Crippen LogP contribution in [-0.2, 0) is 6.54 Å². The van der Waals surface area contributed by atoms with E-state index in [2.05, 4.69) is 20.5 Å². The Labute approximate surface area is 132 Å². The van der Waals surface area contributed by atoms with Crippen LogP contribution in [0, 0.1) is 6.92 Å². The molecular weight excluding hydrogens is 288 g/mol. The first-order valence-electron chi connectivity index (χ1n) is 7.49. The van der Waals surface area contributed by atoms with Gasteiger partial charge in [-0.1, -0.05) is 12.1 Å². The number of anilines is 1. The van der Waals surface area contributed by atoms with E-state index in [0.29, 0.717) is 12.1 Å². The number of hydrogen-bond donors (Lipinski definition) is 3. The summed E-state index contributed by atoms with van der Waals surface area (Å²) in [6.07, 6.45) is 1.78. The fourth-order valence-electron chi connectivity index (χ4n) is 2.74. The summed E-state index contributed by atoms with van der Waals surface area (Å²) in [6, 6.07) is 14.0. The third-order valence-electron chi connectivity index (χ3n) is 4.00. The molecule has 0 fully saturated rings. The van der Waals surface area contributed by atoms with Gasteiger partial charge in [-0.05, 0) is 48.2 Å². The molecule has 0 spiro atoms. The molecule has 0 aliphatic rings. The van der Waals surface area contributed by atoms with E-state index in [1.165, 1.54) is 0 Å². The van der Waals surface area contributed by atoms with Crippen molar-refractivity contribution in [2.24, 2.45) is 0 Å². The summed E-state index contributed by atoms with van der Waals surface area (Å²) in [5, 5.41) is 12.3. The molecule has 0 bridgehead atoms. The van der Waals surface area contributed by atoms with Gasteiger partial charge in [-0.3, -0.25) is 9.89 Å². The first kappa shape index (κ1) is 13.6. The van der Waals surface area contributed by atoms with Gasteiger partial charge in [-0.15, -0.1) is 0 Å². The Balaban J connectivity index is 1.63. The number of aryl methyl sites for hydroxylation is 1. The zero-order valence-electron chi connectivity index (χ0n) is 12.7. The summed E-state index contributed by atoms with van der Waals surface area (Å²) >= 11 is 0. The number of fused-ring (bicyclic) bond motifs is 2. The molecule has 2 aromatic heterocycles. The molecule has 0 saturated carbocycles. The van der Waals surface area contributed by atoms with Crippen LogP contribution in [0.2, 0.25) is 0 Å². The van der Waals surface area contributed by atoms with E-state index in [-0.39, 0.29) is 5.56 Å². The van der Waals surface area contributed by atoms with Gasteiger partial charge in [0.15, 0.2) is 0 Å². The van der Waals surface area contributed by atoms with Crippen molar-refractivity contribution in [1.29, 1.82) is 0 Å². The Hall–Kier alpha value is -3.08. The van der Waals surface area contributed by atoms with Gasteiger partial charge in [-0.25, -0.2) is 0 Å². The maximum Gasteiger partial charge on any atom is 0.253 e. The highest BCUT2D eigenvalue weighted by molar-refractivity contribution is 5.82. The van der Waals surface area contributed by atoms with Gasteiger partial charge in [0.1, 0.15) is 0 Å². The smallest absolute Gasteiger partial charge is 0.253 e. The number of aromatic amines is 2. The summed E-state index contributed by atoms with van der Waals surface area (Å²) in [7, 11) is 0. The predicted octanol–water partition coefficient (Wildman–Crippen LogP) is 3.32. The van der Waals surface area contributed by atoms with E-state index in [1.54, 1.807) is 6.20 Å². The molecular formula is C18H16N4O. The topological polar surface area (TPSA) is 73.6 Å². The largest absolute Gasteiger partial charge is 0.381 e. The fourth-order valence-corrected chi connectivity index (χ4v) is 2.74. The fraction of sp³-hybridized carbons (Fsp3) is 0.111. The lowest BCUT2D eigenvalue weighted by Crippen LogP contribution is -2.15. The predicted molar refractivity (Wildman–Crippen MR) is 92.7 cm³/mol. The van der Waals surface area contributed by atoms with Crippen LogP contribution in [0.4, 0.5) is 5.69 Å². The van der Waals surface area contributed by atoms with Crippen LogP contribution in [0.1, 0.15) is 11.1 Å². The minimum Gasteiger partial charge on any atom is -0.381 e. The van der Waals surface area contributed by atoms with Crippen molar-refractivity contribution in [3.05, 3.63) is 70.1 Å². The van der Waals surface area contributed by atoms with Crippen LogP contribution in [0.25, 0.3) is 21.8 Å². The minimum absolute atomic E-state index is 0.0556. The SMILES string of the molecule is Cc1ccc2cc(CNc3ccc4[nH]ncc4c3)c(=O)[nH]c2c1. The number of aromatic nitrogens is 3. The highest BCUT2D eigenvalue weighted by Gasteiger charge is 2.04. The Morgan fingerprint density at radius 1 is 1.04 bits per heavy atom. The van der Waals surface area contributed by atoms with Gasteiger partial charge in [-0.2, -0.15) is 5.10 Å². The van der Waals surface area contributed by atoms with Crippen molar-refractivity contribution in [1.82, 2.24) is 15.2 Å². The number of hydrogen-bond acceptors (Lipinski definition) is 3. The molecule has 5 heteroatoms. The molecule has 5 nitrogen and oxygen atoms in total. The molecule has 0 amide bonds. The summed E-state index contributed by atoms with van der Waals surface area (Å²) in [4.78, 5) is 15.2. The first-order chi connectivity index (χ1) is 11.2. The molecule has 0 unspecified atom stereocenters. The molecule has 0 saturated heterocycles. The molecule has 0 radical (unpaired) electrons. The molecule has 2 heterocycles. The maximum atomic E-state index is 12.2. The standard InChI is InChI=1S/C18H16N4O/c1-11-2-3-12-7-14(18(23)21-17(12)6-11)9-19-15-4-5-16-13(8-15)10-20-22-16/h2-8,10,19H,9H2,1H3,(H,20,22)(H,21,23). The van der Waals surface area contributed by atoms with Crippen molar-refractivity contribution in [2.75, 3.05) is 5.32 Å². The summed E-state index contributed by atoms with van der Waals surface area (Å²) in [5.74, 6) is 0. The highest BCUT2D eigenvalue weighted by Crippen LogP contribution is 2.18. The zero-order valence-corrected chi connectivity index (χ0v) is 12.7. The van der Waals surface area contributed by atoms with E-state index in [9.17, 15) is 4.79 Å². The molecule has 0 aliphatic heterocycles. The molecule has 4 rings (SSSR count). The van der Waals surface area contributed by atoms with Gasteiger partial charge in [0.2, 0.25) is 0 Å². The van der Waals surface area contributed by atoms with Crippen LogP contribution in [0.15, 0.2) is 53.5 Å². The molecule has 0 atom stereocenters. The Morgan fingerprint density at radius 3 is 2.87 bits per heavy atom. The average molecular weight is 304 g/mol. The maximum absolute atomic E-state index is 12.2. The van der Waals surface area contributed by atoms with Crippen molar-refractivity contribution in [3.8, 4) is 0 Å². The average Bonchev–Trinajstić information content (AvgIpc) is 3.00. The van der Waals surface area contributed by atoms with Gasteiger partial charge >= 0.3 is 0 Å². The van der Waals surface area contributed by atoms with E-state index in [4.69, 9.17) is 0 Å². The lowest BCUT2D eigenvalue weighted by atomic mass is 10.1. The Kier molecular flexibility index (Phi) is 3.12. The highest BCUT2D eigenvalue weighted by atomic mass is 16.1. The molecule has 0 aliphatic carbocycles. The quantitative estimate of drug-likeness (QED) is 0.543. The van der Waals surface area contributed by atoms with Crippen molar-refractivity contribution in [3.63, 3.8) is 0 Å². The molecule has 4 aromatic rings. The zero-order chi connectivity index (χ0) is 15.8. The minimum atomic E-state index is -0.0556. The molecule has 114 valence electrons. The van der Waals surface area contributed by atoms with Crippen molar-refractivity contribution >= 4 is 27.5 Å². The second-order valence-electron chi connectivity index (χ2n) is 5.74. The van der Waals surface area contributed by atoms with Crippen LogP contribution in [0.3, 0.4) is 0 Å². The Bertz CT molecular complexity index is 1060. The first-order valence-corrected chi connectivity index (χ1v) is 7.49. The van der Waals surface area contributed by atoms with E-state index >= 15 is 0 Å². The number of benzene rings is 2. The van der Waals surface area contributed by atoms with E-state index < -0.39 is 0 Å². The Morgan fingerprint density at radius 2 is 1.96 bits per heavy atom. The summed E-state index contributed by atoms with van der Waals surface area (Å²) in [6.45, 7) is 2.49. The number of pyridine rings is 1. The van der Waals surface area contributed by atoms with Crippen LogP contribution in [-0.4, -0.2) is 15.2 Å². The van der Waals surface area contributed by atoms with Gasteiger partial charge in [0.05, 0.1) is 11.7 Å². The lowest BCUT2D eigenvalue weighted by Gasteiger charge is -2.07. The normalized spacial score (nSPS) is 11.2. The van der Waals surface area contributed by atoms with Crippen molar-refractivity contribution in [2.45, 2.75) is 13.5 Å². The summed E-state index contributed by atoms with van der Waals surface area (Å²) in [5.41, 5.74) is 4.62. The van der Waals surface area contributed by atoms with Gasteiger partial charge in [0.25, 0.3) is 5.56 Å². The van der Waals surface area contributed by atoms with Crippen LogP contribution < -0.4 is 10.9 Å². The second-order valence-corrected chi connectivity index (χ2v) is 5.74. The number of nitrogens with zero attached hydrogens (tertiary/aromatic N) is 1. The number of nitrogens with one attached hydrogen (secondary N) is 3. The van der Waals surface area contributed by atoms with E-state index in [0.717, 1.165) is 33.1 Å². The summed E-state index contributed by atoms with van der Waals surface area (Å²) < 4.78 is 0. The second kappa shape index (κ2) is 5.28. The van der Waals surface area contributed by atoms with Crippen LogP contribution >= 0.6 is 0 Å². The van der Waals surface area contributed by atoms with Gasteiger partial charge < -0.3 is 10.3 Å². The number of H-pyrrole nitrogens is 2. The third kappa shape index (κ3) is 2.57. The molecule has 3 N–H and O–H groups in total. The lowest BCUT2D eigenvalue weighted by molar-refractivity contribution is 1.09. The van der Waals surface area contributed by atoms with Crippen molar-refractivity contribution < 1.29 is 0 Å². The molecule has 23 heavy (non-hydrogen) atoms. The van der Waals surface area contributed by atoms with Gasteiger partial charge in [0, 0.05) is 28.7 Å². The monoisotopic (exact) mass is 304 g/mol. The van der Waals surface area contributed by atoms with Crippen LogP contribution in [0.5, 0.6) is 0 Å². The van der Waals surface area contributed by atoms with E-state index in [1.807, 2.05) is 49.4 Å². The molecule has 2 aromatic carbocycles. The number of rotatable bonds is 3. The third-order valence-corrected chi connectivity index (χ3v) is 4.00.